The summed E-state index contributed by atoms with van der Waals surface area (Å²) in [6.45, 7) is 1.87. The molecule has 0 amide bonds. The van der Waals surface area contributed by atoms with Gasteiger partial charge in [-0.25, -0.2) is 13.6 Å². The summed E-state index contributed by atoms with van der Waals surface area (Å²) >= 11 is 0. The smallest absolute Gasteiger partial charge is 0.330 e. The molecule has 0 aromatic carbocycles. The Hall–Kier alpha value is -0.930. The average Bonchev–Trinajstić information content (AvgIpc) is 2.29. The minimum Gasteiger partial charge on any atom is -0.463 e. The number of carbonyl (C=O) groups excluding carboxylic acids is 1. The summed E-state index contributed by atoms with van der Waals surface area (Å²) in [5.41, 5.74) is -0.0709. The molecule has 15 heavy (non-hydrogen) atoms. The molecule has 0 atom stereocenters. The van der Waals surface area contributed by atoms with E-state index in [1.54, 1.807) is 6.92 Å². The number of ether oxygens (including phenoxy) is 1. The van der Waals surface area contributed by atoms with Crippen LogP contribution in [0.3, 0.4) is 0 Å². The summed E-state index contributed by atoms with van der Waals surface area (Å²) in [6, 6.07) is 0. The van der Waals surface area contributed by atoms with Crippen LogP contribution >= 0.6 is 0 Å². The zero-order valence-corrected chi connectivity index (χ0v) is 8.89. The van der Waals surface area contributed by atoms with Crippen molar-refractivity contribution in [2.45, 2.75) is 45.0 Å². The van der Waals surface area contributed by atoms with E-state index in [-0.39, 0.29) is 18.6 Å². The van der Waals surface area contributed by atoms with E-state index in [1.807, 2.05) is 0 Å². The molecule has 0 radical (unpaired) electrons. The molecule has 0 unspecified atom stereocenters. The van der Waals surface area contributed by atoms with Gasteiger partial charge in [0.2, 0.25) is 0 Å². The number of hydrogen-bond donors (Lipinski definition) is 0. The molecule has 0 bridgehead atoms. The van der Waals surface area contributed by atoms with Gasteiger partial charge in [0.15, 0.2) is 0 Å². The van der Waals surface area contributed by atoms with Crippen molar-refractivity contribution in [3.8, 4) is 0 Å². The van der Waals surface area contributed by atoms with Crippen LogP contribution in [-0.4, -0.2) is 18.5 Å². The normalized spacial score (nSPS) is 23.5. The standard InChI is InChI=1S/C11H16F2O2/c1-2-15-10(14)8-9-6-4-3-5-7-11(9,12)13/h8H,2-7H2,1H3. The fourth-order valence-electron chi connectivity index (χ4n) is 1.69. The minimum atomic E-state index is -2.83. The Labute approximate surface area is 88.3 Å². The second-order valence-corrected chi connectivity index (χ2v) is 3.69. The summed E-state index contributed by atoms with van der Waals surface area (Å²) in [6.07, 6.45) is 3.16. The van der Waals surface area contributed by atoms with Gasteiger partial charge in [0.05, 0.1) is 6.61 Å². The molecule has 0 aromatic heterocycles. The van der Waals surface area contributed by atoms with Gasteiger partial charge in [-0.2, -0.15) is 0 Å². The molecular weight excluding hydrogens is 202 g/mol. The Kier molecular flexibility index (Phi) is 4.24. The van der Waals surface area contributed by atoms with Crippen molar-refractivity contribution >= 4 is 5.97 Å². The van der Waals surface area contributed by atoms with Crippen LogP contribution in [0.15, 0.2) is 11.6 Å². The van der Waals surface area contributed by atoms with Crippen molar-refractivity contribution in [3.05, 3.63) is 11.6 Å². The van der Waals surface area contributed by atoms with Crippen LogP contribution in [0.1, 0.15) is 39.0 Å². The maximum absolute atomic E-state index is 13.5. The van der Waals surface area contributed by atoms with Crippen LogP contribution in [0.2, 0.25) is 0 Å². The molecule has 0 saturated heterocycles. The molecule has 0 aliphatic heterocycles. The number of rotatable bonds is 2. The largest absolute Gasteiger partial charge is 0.463 e. The third kappa shape index (κ3) is 3.61. The van der Waals surface area contributed by atoms with E-state index in [2.05, 4.69) is 4.74 Å². The third-order valence-electron chi connectivity index (χ3n) is 2.49. The second kappa shape index (κ2) is 5.24. The number of halogens is 2. The van der Waals surface area contributed by atoms with E-state index in [9.17, 15) is 13.6 Å². The number of esters is 1. The van der Waals surface area contributed by atoms with Gasteiger partial charge in [-0.15, -0.1) is 0 Å². The number of alkyl halides is 2. The van der Waals surface area contributed by atoms with Crippen LogP contribution in [0.5, 0.6) is 0 Å². The van der Waals surface area contributed by atoms with Crippen molar-refractivity contribution in [3.63, 3.8) is 0 Å². The van der Waals surface area contributed by atoms with Gasteiger partial charge in [-0.1, -0.05) is 6.42 Å². The molecule has 0 spiro atoms. The molecule has 0 N–H and O–H groups in total. The molecule has 1 saturated carbocycles. The molecule has 1 aliphatic carbocycles. The lowest BCUT2D eigenvalue weighted by molar-refractivity contribution is -0.137. The van der Waals surface area contributed by atoms with E-state index < -0.39 is 11.9 Å². The van der Waals surface area contributed by atoms with Crippen molar-refractivity contribution in [2.24, 2.45) is 0 Å². The highest BCUT2D eigenvalue weighted by Crippen LogP contribution is 2.36. The minimum absolute atomic E-state index is 0.0709. The number of allylic oxidation sites excluding steroid dienone is 1. The molecule has 0 heterocycles. The predicted molar refractivity (Wildman–Crippen MR) is 52.7 cm³/mol. The highest BCUT2D eigenvalue weighted by atomic mass is 19.3. The van der Waals surface area contributed by atoms with Gasteiger partial charge in [0.25, 0.3) is 5.92 Å². The highest BCUT2D eigenvalue weighted by Gasteiger charge is 2.35. The lowest BCUT2D eigenvalue weighted by Gasteiger charge is -2.16. The monoisotopic (exact) mass is 218 g/mol. The molecule has 0 aromatic rings. The van der Waals surface area contributed by atoms with Crippen molar-refractivity contribution in [1.29, 1.82) is 0 Å². The van der Waals surface area contributed by atoms with Crippen molar-refractivity contribution in [1.82, 2.24) is 0 Å². The van der Waals surface area contributed by atoms with E-state index in [0.29, 0.717) is 12.8 Å². The lowest BCUT2D eigenvalue weighted by atomic mass is 10.0. The molecule has 86 valence electrons. The predicted octanol–water partition coefficient (Wildman–Crippen LogP) is 3.08. The first-order valence-corrected chi connectivity index (χ1v) is 5.32. The number of hydrogen-bond acceptors (Lipinski definition) is 2. The first-order chi connectivity index (χ1) is 7.06. The first kappa shape index (κ1) is 12.1. The van der Waals surface area contributed by atoms with Crippen LogP contribution in [0.4, 0.5) is 8.78 Å². The van der Waals surface area contributed by atoms with E-state index in [0.717, 1.165) is 18.9 Å². The SMILES string of the molecule is CCOC(=O)C=C1CCCCCC1(F)F. The Morgan fingerprint density at radius 3 is 2.87 bits per heavy atom. The zero-order valence-electron chi connectivity index (χ0n) is 8.89. The average molecular weight is 218 g/mol. The number of carbonyl (C=O) groups is 1. The topological polar surface area (TPSA) is 26.3 Å². The van der Waals surface area contributed by atoms with Crippen LogP contribution in [0.25, 0.3) is 0 Å². The summed E-state index contributed by atoms with van der Waals surface area (Å²) < 4.78 is 31.5. The van der Waals surface area contributed by atoms with Crippen LogP contribution < -0.4 is 0 Å². The Balaban J connectivity index is 2.75. The van der Waals surface area contributed by atoms with Crippen LogP contribution in [-0.2, 0) is 9.53 Å². The van der Waals surface area contributed by atoms with E-state index in [4.69, 9.17) is 0 Å². The molecule has 4 heteroatoms. The fraction of sp³-hybridized carbons (Fsp3) is 0.727. The fourth-order valence-corrected chi connectivity index (χ4v) is 1.69. The Morgan fingerprint density at radius 2 is 2.20 bits per heavy atom. The lowest BCUT2D eigenvalue weighted by Crippen LogP contribution is -2.19. The Bertz CT molecular complexity index is 259. The van der Waals surface area contributed by atoms with Crippen molar-refractivity contribution < 1.29 is 18.3 Å². The first-order valence-electron chi connectivity index (χ1n) is 5.32. The van der Waals surface area contributed by atoms with E-state index in [1.165, 1.54) is 0 Å². The molecule has 1 rings (SSSR count). The summed E-state index contributed by atoms with van der Waals surface area (Å²) in [4.78, 5) is 11.1. The summed E-state index contributed by atoms with van der Waals surface area (Å²) in [7, 11) is 0. The third-order valence-corrected chi connectivity index (χ3v) is 2.49. The summed E-state index contributed by atoms with van der Waals surface area (Å²) in [5, 5.41) is 0. The van der Waals surface area contributed by atoms with Gasteiger partial charge < -0.3 is 4.74 Å². The Morgan fingerprint density at radius 1 is 1.47 bits per heavy atom. The molecular formula is C11H16F2O2. The molecule has 1 aliphatic rings. The quantitative estimate of drug-likeness (QED) is 0.404. The van der Waals surface area contributed by atoms with E-state index >= 15 is 0 Å². The van der Waals surface area contributed by atoms with Gasteiger partial charge in [0.1, 0.15) is 0 Å². The summed E-state index contributed by atoms with van der Waals surface area (Å²) in [5.74, 6) is -3.49. The van der Waals surface area contributed by atoms with Gasteiger partial charge in [-0.3, -0.25) is 0 Å². The zero-order chi connectivity index (χ0) is 11.3. The highest BCUT2D eigenvalue weighted by molar-refractivity contribution is 5.83. The maximum atomic E-state index is 13.5. The van der Waals surface area contributed by atoms with Gasteiger partial charge in [-0.05, 0) is 26.2 Å². The molecule has 2 nitrogen and oxygen atoms in total. The maximum Gasteiger partial charge on any atom is 0.330 e. The van der Waals surface area contributed by atoms with Gasteiger partial charge in [0, 0.05) is 18.1 Å². The molecule has 1 fully saturated rings. The van der Waals surface area contributed by atoms with Crippen molar-refractivity contribution in [2.75, 3.05) is 6.61 Å². The second-order valence-electron chi connectivity index (χ2n) is 3.69. The van der Waals surface area contributed by atoms with Gasteiger partial charge >= 0.3 is 5.97 Å². The van der Waals surface area contributed by atoms with Crippen LogP contribution in [0, 0.1) is 0 Å².